The number of carbonyl (C=O) groups is 4. The summed E-state index contributed by atoms with van der Waals surface area (Å²) >= 11 is 0. The van der Waals surface area contributed by atoms with Crippen LogP contribution in [0.5, 0.6) is 5.88 Å². The number of esters is 1. The molecule has 5 heterocycles. The van der Waals surface area contributed by atoms with Crippen molar-refractivity contribution in [3.05, 3.63) is 52.3 Å². The Hall–Kier alpha value is -2.62. The molecule has 62 heavy (non-hydrogen) atoms. The number of likely N-dealkylation sites (tertiary alicyclic amines) is 2. The summed E-state index contributed by atoms with van der Waals surface area (Å²) in [5.74, 6) is 0.439. The van der Waals surface area contributed by atoms with Gasteiger partial charge >= 0.3 is 121 Å². The van der Waals surface area contributed by atoms with Gasteiger partial charge in [0.15, 0.2) is 11.5 Å². The fourth-order valence-corrected chi connectivity index (χ4v) is 5.89. The first-order valence-corrected chi connectivity index (χ1v) is 19.1. The number of ether oxygens (including phenoxy) is 4. The number of nitrogens with zero attached hydrogens (tertiary/aromatic N) is 7. The summed E-state index contributed by atoms with van der Waals surface area (Å²) in [7, 11) is 1.52. The molecule has 2 aliphatic heterocycles. The molecule has 0 bridgehead atoms. The van der Waals surface area contributed by atoms with Crippen LogP contribution in [0.4, 0.5) is 15.4 Å². The molecule has 3 aromatic rings. The standard InChI is InChI=1S/C20H30N4O5.C18H24N4O4.CH2O3.CH4.2K.H/c1-6-28-17(25)8-7-15-18(23-16(27-5)13-21-15)22-14-9-11-24(12-10-14)19(26)29-20(2,3)4;1-18(2,3)26-17(25)21-8-6-13(7-9-21)22-15(24)5-4-14-16(22)20-12(11-23)10-19-14;2-1-4-3;;;;/h7-8,13-14H,6,9-12H2,1-5H3,(H,22,23);4-5,10,13,23H,6-9,11H2,1-3H3;1,3H;1H4;;;/q;;;;2*+1;-1/p-1/b8-7+;;;;;;. The van der Waals surface area contributed by atoms with Crippen molar-refractivity contribution in [2.75, 3.05) is 45.2 Å². The van der Waals surface area contributed by atoms with Gasteiger partial charge < -0.3 is 50.7 Å². The van der Waals surface area contributed by atoms with E-state index >= 15 is 0 Å². The molecular weight excluding hydrogens is 863 g/mol. The van der Waals surface area contributed by atoms with Crippen molar-refractivity contribution in [3.63, 3.8) is 0 Å². The quantitative estimate of drug-likeness (QED) is 0.0445. The number of rotatable bonds is 9. The maximum atomic E-state index is 12.5. The number of amides is 2. The van der Waals surface area contributed by atoms with E-state index in [1.54, 1.807) is 33.4 Å². The van der Waals surface area contributed by atoms with Crippen molar-refractivity contribution >= 4 is 47.7 Å². The van der Waals surface area contributed by atoms with Crippen LogP contribution in [0.15, 0.2) is 35.4 Å². The number of nitrogens with one attached hydrogen (secondary N) is 1. The molecule has 0 aromatic carbocycles. The number of methoxy groups -OCH3 is 1. The third-order valence-corrected chi connectivity index (χ3v) is 8.50. The van der Waals surface area contributed by atoms with Crippen LogP contribution in [0.2, 0.25) is 0 Å². The topological polar surface area (TPSA) is 250 Å². The molecule has 2 fully saturated rings. The van der Waals surface area contributed by atoms with Crippen LogP contribution in [-0.4, -0.2) is 121 Å². The number of piperidine rings is 2. The van der Waals surface area contributed by atoms with E-state index in [2.05, 4.69) is 30.1 Å². The average Bonchev–Trinajstić information content (AvgIpc) is 3.19. The van der Waals surface area contributed by atoms with Crippen LogP contribution in [-0.2, 0) is 35.3 Å². The van der Waals surface area contributed by atoms with Gasteiger partial charge in [-0.05, 0) is 86.3 Å². The fraction of sp³-hybridized carbons (Fsp3) is 0.575. The van der Waals surface area contributed by atoms with Gasteiger partial charge in [0.2, 0.25) is 5.88 Å². The molecule has 0 aliphatic carbocycles. The zero-order chi connectivity index (χ0) is 43.8. The first-order valence-electron chi connectivity index (χ1n) is 19.1. The van der Waals surface area contributed by atoms with Gasteiger partial charge in [-0.25, -0.2) is 24.4 Å². The second kappa shape index (κ2) is 29.0. The Morgan fingerprint density at radius 2 is 1.47 bits per heavy atom. The zero-order valence-corrected chi connectivity index (χ0v) is 43.1. The summed E-state index contributed by atoms with van der Waals surface area (Å²) in [5, 5.41) is 21.1. The largest absolute Gasteiger partial charge is 1.00 e. The number of aliphatic hydroxyl groups excluding tert-OH is 1. The predicted octanol–water partition coefficient (Wildman–Crippen LogP) is -2.08. The van der Waals surface area contributed by atoms with Gasteiger partial charge in [0, 0.05) is 50.4 Å². The third kappa shape index (κ3) is 20.1. The Morgan fingerprint density at radius 1 is 0.919 bits per heavy atom. The number of aliphatic hydroxyl groups is 1. The molecular formula is C40H60K2N8O12. The molecule has 3 aromatic heterocycles. The Labute approximate surface area is 449 Å². The Morgan fingerprint density at radius 3 is 1.95 bits per heavy atom. The average molecular weight is 923 g/mol. The number of pyridine rings is 1. The van der Waals surface area contributed by atoms with Crippen molar-refractivity contribution in [3.8, 4) is 5.88 Å². The molecule has 0 saturated carbocycles. The predicted molar refractivity (Wildman–Crippen MR) is 219 cm³/mol. The summed E-state index contributed by atoms with van der Waals surface area (Å²) in [6.07, 6.45) is 7.96. The number of hydrogen-bond donors (Lipinski definition) is 2. The van der Waals surface area contributed by atoms with Crippen molar-refractivity contribution < 1.29 is 158 Å². The monoisotopic (exact) mass is 922 g/mol. The van der Waals surface area contributed by atoms with Gasteiger partial charge in [-0.2, -0.15) is 4.98 Å². The minimum Gasteiger partial charge on any atom is -1.00 e. The summed E-state index contributed by atoms with van der Waals surface area (Å²) < 4.78 is 22.5. The van der Waals surface area contributed by atoms with Crippen molar-refractivity contribution in [1.29, 1.82) is 0 Å². The van der Waals surface area contributed by atoms with Crippen LogP contribution in [0.3, 0.4) is 0 Å². The summed E-state index contributed by atoms with van der Waals surface area (Å²) in [5.41, 5.74) is 0.810. The van der Waals surface area contributed by atoms with Gasteiger partial charge in [-0.15, -0.1) is 0 Å². The van der Waals surface area contributed by atoms with Gasteiger partial charge in [-0.1, -0.05) is 7.43 Å². The molecule has 0 radical (unpaired) electrons. The van der Waals surface area contributed by atoms with Crippen molar-refractivity contribution in [2.45, 2.75) is 111 Å². The number of aromatic nitrogens is 5. The molecule has 334 valence electrons. The van der Waals surface area contributed by atoms with Gasteiger partial charge in [-0.3, -0.25) is 19.1 Å². The maximum absolute atomic E-state index is 12.5. The van der Waals surface area contributed by atoms with Gasteiger partial charge in [0.05, 0.1) is 38.4 Å². The summed E-state index contributed by atoms with van der Waals surface area (Å²) in [6.45, 7) is 14.9. The first-order chi connectivity index (χ1) is 27.9. The van der Waals surface area contributed by atoms with Crippen LogP contribution in [0, 0.1) is 0 Å². The van der Waals surface area contributed by atoms with Crippen LogP contribution < -0.4 is 124 Å². The minimum atomic E-state index is -0.531. The van der Waals surface area contributed by atoms with Crippen LogP contribution in [0.25, 0.3) is 17.2 Å². The molecule has 2 saturated heterocycles. The SMILES string of the molecule is C.CC(C)(C)OC(=O)N1CCC(n2c(=O)ccc3ncc(CO)nc32)CC1.CCOC(=O)/C=C/c1ncc(OC)nc1NC1CCN(C(=O)OC(C)(C)C)CC1.O=CO[O-].[H-].[K+].[K+]. The van der Waals surface area contributed by atoms with Gasteiger partial charge in [0.1, 0.15) is 22.4 Å². The number of hydrogen-bond acceptors (Lipinski definition) is 17. The third-order valence-electron chi connectivity index (χ3n) is 8.50. The van der Waals surface area contributed by atoms with E-state index in [9.17, 15) is 24.3 Å². The van der Waals surface area contributed by atoms with Gasteiger partial charge in [0.25, 0.3) is 12.0 Å². The minimum absolute atomic E-state index is 0. The molecule has 5 rings (SSSR count). The maximum Gasteiger partial charge on any atom is 1.00 e. The second-order valence-corrected chi connectivity index (χ2v) is 15.3. The Bertz CT molecular complexity index is 1970. The molecule has 2 N–H and O–H groups in total. The second-order valence-electron chi connectivity index (χ2n) is 15.3. The molecule has 2 aliphatic rings. The van der Waals surface area contributed by atoms with E-state index in [1.807, 2.05) is 41.5 Å². The number of carbonyl (C=O) groups excluding carboxylic acids is 4. The van der Waals surface area contributed by atoms with E-state index < -0.39 is 17.2 Å². The molecule has 22 heteroatoms. The molecule has 2 amide bonds. The number of fused-ring (bicyclic) bond motifs is 1. The molecule has 0 atom stereocenters. The van der Waals surface area contributed by atoms with E-state index in [-0.39, 0.29) is 155 Å². The number of anilines is 1. The van der Waals surface area contributed by atoms with E-state index in [0.717, 1.165) is 12.8 Å². The van der Waals surface area contributed by atoms with Crippen molar-refractivity contribution in [2.24, 2.45) is 0 Å². The van der Waals surface area contributed by atoms with E-state index in [1.165, 1.54) is 31.6 Å². The first kappa shape index (κ1) is 59.4. The smallest absolute Gasteiger partial charge is 1.00 e. The van der Waals surface area contributed by atoms with Crippen molar-refractivity contribution in [1.82, 2.24) is 34.3 Å². The van der Waals surface area contributed by atoms with Crippen LogP contribution >= 0.6 is 0 Å². The zero-order valence-electron chi connectivity index (χ0n) is 37.8. The van der Waals surface area contributed by atoms with Crippen LogP contribution in [0.1, 0.15) is 100 Å². The molecule has 20 nitrogen and oxygen atoms in total. The Kier molecular flexibility index (Phi) is 27.8. The Balaban J connectivity index is 0. The fourth-order valence-electron chi connectivity index (χ4n) is 5.89. The molecule has 0 spiro atoms. The summed E-state index contributed by atoms with van der Waals surface area (Å²) in [6, 6.07) is 3.14. The van der Waals surface area contributed by atoms with E-state index in [4.69, 9.17) is 29.0 Å². The van der Waals surface area contributed by atoms with E-state index in [0.29, 0.717) is 79.9 Å². The normalized spacial score (nSPS) is 14.2. The summed E-state index contributed by atoms with van der Waals surface area (Å²) in [4.78, 5) is 80.4. The molecule has 0 unspecified atom stereocenters.